The Kier molecular flexibility index (Phi) is 8.07. The lowest BCUT2D eigenvalue weighted by atomic mass is 10.2. The lowest BCUT2D eigenvalue weighted by molar-refractivity contribution is -0.116. The highest BCUT2D eigenvalue weighted by Gasteiger charge is 1.92. The second-order valence-electron chi connectivity index (χ2n) is 4.09. The van der Waals surface area contributed by atoms with E-state index in [9.17, 15) is 4.79 Å². The molecule has 0 heterocycles. The van der Waals surface area contributed by atoms with Gasteiger partial charge in [-0.05, 0) is 24.5 Å². The first-order chi connectivity index (χ1) is 9.33. The van der Waals surface area contributed by atoms with Crippen molar-refractivity contribution in [2.75, 3.05) is 19.8 Å². The van der Waals surface area contributed by atoms with Crippen molar-refractivity contribution in [2.45, 2.75) is 12.8 Å². The molecule has 102 valence electrons. The minimum atomic E-state index is -0.119. The summed E-state index contributed by atoms with van der Waals surface area (Å²) in [4.78, 5) is 10.9. The maximum atomic E-state index is 10.9. The largest absolute Gasteiger partial charge is 0.377 e. The van der Waals surface area contributed by atoms with Crippen LogP contribution in [0.1, 0.15) is 18.4 Å². The highest BCUT2D eigenvalue weighted by atomic mass is 16.5. The van der Waals surface area contributed by atoms with Gasteiger partial charge in [0.05, 0.1) is 6.61 Å². The molecule has 0 fully saturated rings. The number of benzene rings is 1. The van der Waals surface area contributed by atoms with Crippen LogP contribution in [0.3, 0.4) is 0 Å². The van der Waals surface area contributed by atoms with Gasteiger partial charge in [0.15, 0.2) is 0 Å². The number of rotatable bonds is 9. The zero-order valence-corrected chi connectivity index (χ0v) is 11.2. The zero-order valence-electron chi connectivity index (χ0n) is 11.2. The molecule has 3 heteroatoms. The molecule has 0 atom stereocenters. The average molecular weight is 259 g/mol. The van der Waals surface area contributed by atoms with Gasteiger partial charge >= 0.3 is 0 Å². The Morgan fingerprint density at radius 1 is 1.26 bits per heavy atom. The molecule has 0 saturated carbocycles. The summed E-state index contributed by atoms with van der Waals surface area (Å²) in [5, 5.41) is 2.73. The molecule has 1 aromatic carbocycles. The molecule has 0 aliphatic carbocycles. The van der Waals surface area contributed by atoms with Crippen LogP contribution in [0.4, 0.5) is 0 Å². The Hall–Kier alpha value is -1.87. The molecule has 0 aliphatic rings. The summed E-state index contributed by atoms with van der Waals surface area (Å²) in [6.45, 7) is 5.40. The van der Waals surface area contributed by atoms with E-state index < -0.39 is 0 Å². The molecule has 0 aromatic heterocycles. The van der Waals surface area contributed by atoms with Crippen LogP contribution in [0.5, 0.6) is 0 Å². The normalized spacial score (nSPS) is 10.5. The summed E-state index contributed by atoms with van der Waals surface area (Å²) >= 11 is 0. The molecule has 0 bridgehead atoms. The first-order valence-corrected chi connectivity index (χ1v) is 6.52. The summed E-state index contributed by atoms with van der Waals surface area (Å²) < 4.78 is 5.47. The SMILES string of the molecule is C=CC(=O)NCCCCOCC=Cc1ccccc1. The van der Waals surface area contributed by atoms with Gasteiger partial charge in [0.25, 0.3) is 0 Å². The fourth-order valence-electron chi connectivity index (χ4n) is 1.51. The number of ether oxygens (including phenoxy) is 1. The highest BCUT2D eigenvalue weighted by molar-refractivity contribution is 5.86. The van der Waals surface area contributed by atoms with E-state index in [1.165, 1.54) is 11.6 Å². The van der Waals surface area contributed by atoms with Crippen LogP contribution in [0, 0.1) is 0 Å². The van der Waals surface area contributed by atoms with Gasteiger partial charge in [0, 0.05) is 13.2 Å². The predicted molar refractivity (Wildman–Crippen MR) is 78.7 cm³/mol. The van der Waals surface area contributed by atoms with Crippen molar-refractivity contribution in [3.8, 4) is 0 Å². The number of hydrogen-bond acceptors (Lipinski definition) is 2. The van der Waals surface area contributed by atoms with E-state index in [1.807, 2.05) is 30.4 Å². The van der Waals surface area contributed by atoms with Crippen LogP contribution in [0.15, 0.2) is 49.1 Å². The molecular formula is C16H21NO2. The molecule has 1 rings (SSSR count). The van der Waals surface area contributed by atoms with Crippen molar-refractivity contribution < 1.29 is 9.53 Å². The van der Waals surface area contributed by atoms with Gasteiger partial charge in [-0.15, -0.1) is 0 Å². The van der Waals surface area contributed by atoms with Crippen molar-refractivity contribution in [2.24, 2.45) is 0 Å². The highest BCUT2D eigenvalue weighted by Crippen LogP contribution is 2.00. The van der Waals surface area contributed by atoms with Crippen LogP contribution < -0.4 is 5.32 Å². The summed E-state index contributed by atoms with van der Waals surface area (Å²) in [7, 11) is 0. The van der Waals surface area contributed by atoms with Crippen molar-refractivity contribution in [3.63, 3.8) is 0 Å². The topological polar surface area (TPSA) is 38.3 Å². The van der Waals surface area contributed by atoms with Crippen LogP contribution in [-0.2, 0) is 9.53 Å². The van der Waals surface area contributed by atoms with Crippen molar-refractivity contribution in [1.29, 1.82) is 0 Å². The van der Waals surface area contributed by atoms with E-state index in [0.29, 0.717) is 19.8 Å². The molecule has 0 saturated heterocycles. The average Bonchev–Trinajstić information content (AvgIpc) is 2.46. The summed E-state index contributed by atoms with van der Waals surface area (Å²) in [5.41, 5.74) is 1.18. The Morgan fingerprint density at radius 3 is 2.79 bits per heavy atom. The molecule has 0 aliphatic heterocycles. The van der Waals surface area contributed by atoms with Crippen molar-refractivity contribution in [3.05, 3.63) is 54.6 Å². The van der Waals surface area contributed by atoms with Crippen LogP contribution >= 0.6 is 0 Å². The van der Waals surface area contributed by atoms with Crippen LogP contribution in [0.25, 0.3) is 6.08 Å². The van der Waals surface area contributed by atoms with Crippen LogP contribution in [0.2, 0.25) is 0 Å². The second kappa shape index (κ2) is 10.1. The first kappa shape index (κ1) is 15.2. The fraction of sp³-hybridized carbons (Fsp3) is 0.312. The standard InChI is InChI=1S/C16H21NO2/c1-2-16(18)17-12-6-7-13-19-14-8-11-15-9-4-3-5-10-15/h2-5,8-11H,1,6-7,12-14H2,(H,17,18). The van der Waals surface area contributed by atoms with Gasteiger partial charge < -0.3 is 10.1 Å². The molecule has 1 aromatic rings. The molecular weight excluding hydrogens is 238 g/mol. The smallest absolute Gasteiger partial charge is 0.243 e. The summed E-state index contributed by atoms with van der Waals surface area (Å²) in [6.07, 6.45) is 7.20. The van der Waals surface area contributed by atoms with Gasteiger partial charge in [0.2, 0.25) is 5.91 Å². The molecule has 1 amide bonds. The summed E-state index contributed by atoms with van der Waals surface area (Å²) in [6, 6.07) is 10.1. The predicted octanol–water partition coefficient (Wildman–Crippen LogP) is 2.80. The van der Waals surface area contributed by atoms with Gasteiger partial charge in [-0.3, -0.25) is 4.79 Å². The third kappa shape index (κ3) is 7.95. The van der Waals surface area contributed by atoms with E-state index in [2.05, 4.69) is 24.0 Å². The summed E-state index contributed by atoms with van der Waals surface area (Å²) in [5.74, 6) is -0.119. The molecule has 0 spiro atoms. The zero-order chi connectivity index (χ0) is 13.8. The minimum absolute atomic E-state index is 0.119. The van der Waals surface area contributed by atoms with Gasteiger partial charge in [-0.2, -0.15) is 0 Å². The fourth-order valence-corrected chi connectivity index (χ4v) is 1.51. The number of carbonyl (C=O) groups excluding carboxylic acids is 1. The number of unbranched alkanes of at least 4 members (excludes halogenated alkanes) is 1. The van der Waals surface area contributed by atoms with E-state index >= 15 is 0 Å². The number of nitrogens with one attached hydrogen (secondary N) is 1. The number of amides is 1. The molecule has 0 unspecified atom stereocenters. The molecule has 1 N–H and O–H groups in total. The van der Waals surface area contributed by atoms with E-state index in [1.54, 1.807) is 0 Å². The Morgan fingerprint density at radius 2 is 2.05 bits per heavy atom. The molecule has 0 radical (unpaired) electrons. The minimum Gasteiger partial charge on any atom is -0.377 e. The lowest BCUT2D eigenvalue weighted by Crippen LogP contribution is -2.22. The van der Waals surface area contributed by atoms with Crippen LogP contribution in [-0.4, -0.2) is 25.7 Å². The number of hydrogen-bond donors (Lipinski definition) is 1. The number of carbonyl (C=O) groups is 1. The van der Waals surface area contributed by atoms with Gasteiger partial charge in [0.1, 0.15) is 0 Å². The van der Waals surface area contributed by atoms with Gasteiger partial charge in [-0.25, -0.2) is 0 Å². The molecule has 3 nitrogen and oxygen atoms in total. The monoisotopic (exact) mass is 259 g/mol. The maximum Gasteiger partial charge on any atom is 0.243 e. The Bertz CT molecular complexity index is 398. The van der Waals surface area contributed by atoms with E-state index in [-0.39, 0.29) is 5.91 Å². The third-order valence-electron chi connectivity index (χ3n) is 2.52. The Labute approximate surface area is 115 Å². The maximum absolute atomic E-state index is 10.9. The molecule has 19 heavy (non-hydrogen) atoms. The van der Waals surface area contributed by atoms with E-state index in [0.717, 1.165) is 12.8 Å². The lowest BCUT2D eigenvalue weighted by Gasteiger charge is -2.02. The van der Waals surface area contributed by atoms with E-state index in [4.69, 9.17) is 4.74 Å². The first-order valence-electron chi connectivity index (χ1n) is 6.52. The quantitative estimate of drug-likeness (QED) is 0.547. The van der Waals surface area contributed by atoms with Crippen molar-refractivity contribution in [1.82, 2.24) is 5.32 Å². The second-order valence-corrected chi connectivity index (χ2v) is 4.09. The van der Waals surface area contributed by atoms with Gasteiger partial charge in [-0.1, -0.05) is 49.1 Å². The Balaban J connectivity index is 1.95. The van der Waals surface area contributed by atoms with Crippen molar-refractivity contribution >= 4 is 12.0 Å². The third-order valence-corrected chi connectivity index (χ3v) is 2.52.